The summed E-state index contributed by atoms with van der Waals surface area (Å²) in [6.45, 7) is 2.06. The van der Waals surface area contributed by atoms with Crippen molar-refractivity contribution in [2.75, 3.05) is 0 Å². The molecule has 0 aliphatic carbocycles. The lowest BCUT2D eigenvalue weighted by Crippen LogP contribution is -2.34. The second-order valence-corrected chi connectivity index (χ2v) is 14.8. The van der Waals surface area contributed by atoms with Crippen molar-refractivity contribution in [2.45, 2.75) is 13.1 Å². The molecule has 0 saturated carbocycles. The van der Waals surface area contributed by atoms with Crippen molar-refractivity contribution in [1.29, 1.82) is 0 Å². The van der Waals surface area contributed by atoms with Gasteiger partial charge >= 0.3 is 0 Å². The van der Waals surface area contributed by atoms with Crippen LogP contribution < -0.4 is 5.32 Å². The van der Waals surface area contributed by atoms with Crippen molar-refractivity contribution in [3.8, 4) is 27.9 Å². The third-order valence-electron chi connectivity index (χ3n) is 11.4. The number of aryl methyl sites for hydroxylation is 1. The molecule has 0 radical (unpaired) electrons. The van der Waals surface area contributed by atoms with Crippen LogP contribution in [-0.4, -0.2) is 21.2 Å². The number of benzene rings is 9. The summed E-state index contributed by atoms with van der Waals surface area (Å²) in [5, 5.41) is 11.3. The predicted octanol–water partition coefficient (Wildman–Crippen LogP) is 12.6. The first kappa shape index (κ1) is 33.7. The molecular formula is C53H37N5. The van der Waals surface area contributed by atoms with Gasteiger partial charge in [0.25, 0.3) is 0 Å². The third-order valence-corrected chi connectivity index (χ3v) is 11.4. The van der Waals surface area contributed by atoms with Crippen LogP contribution in [0, 0.1) is 6.92 Å². The van der Waals surface area contributed by atoms with Crippen molar-refractivity contribution >= 4 is 55.0 Å². The van der Waals surface area contributed by atoms with E-state index in [0.29, 0.717) is 5.84 Å². The average molecular weight is 744 g/mol. The molecule has 5 nitrogen and oxygen atoms in total. The van der Waals surface area contributed by atoms with Gasteiger partial charge in [-0.1, -0.05) is 164 Å². The van der Waals surface area contributed by atoms with Crippen molar-refractivity contribution in [3.05, 3.63) is 217 Å². The number of imidazole rings is 1. The Bertz CT molecular complexity index is 3230. The van der Waals surface area contributed by atoms with E-state index in [-0.39, 0.29) is 6.17 Å². The van der Waals surface area contributed by atoms with Gasteiger partial charge < -0.3 is 5.32 Å². The molecule has 58 heavy (non-hydrogen) atoms. The van der Waals surface area contributed by atoms with E-state index in [1.54, 1.807) is 0 Å². The third kappa shape index (κ3) is 5.67. The van der Waals surface area contributed by atoms with Crippen LogP contribution in [0.1, 0.15) is 28.7 Å². The van der Waals surface area contributed by atoms with Crippen LogP contribution >= 0.6 is 0 Å². The maximum Gasteiger partial charge on any atom is 0.159 e. The van der Waals surface area contributed by atoms with Gasteiger partial charge in [0.05, 0.1) is 11.0 Å². The lowest BCUT2D eigenvalue weighted by Gasteiger charge is -2.25. The zero-order chi connectivity index (χ0) is 38.6. The lowest BCUT2D eigenvalue weighted by molar-refractivity contribution is 0.675. The number of nitrogens with zero attached hydrogens (tertiary/aromatic N) is 4. The molecule has 0 bridgehead atoms. The molecular weight excluding hydrogens is 707 g/mol. The number of hydrogen-bond acceptors (Lipinski definition) is 4. The highest BCUT2D eigenvalue weighted by Gasteiger charge is 2.24. The summed E-state index contributed by atoms with van der Waals surface area (Å²) in [6.07, 6.45) is -0.365. The fourth-order valence-corrected chi connectivity index (χ4v) is 8.73. The Morgan fingerprint density at radius 1 is 0.466 bits per heavy atom. The van der Waals surface area contributed by atoms with E-state index in [9.17, 15) is 0 Å². The molecule has 1 aromatic heterocycles. The molecule has 9 aromatic carbocycles. The predicted molar refractivity (Wildman–Crippen MR) is 241 cm³/mol. The maximum atomic E-state index is 5.28. The quantitative estimate of drug-likeness (QED) is 0.172. The average Bonchev–Trinajstić information content (AvgIpc) is 3.64. The van der Waals surface area contributed by atoms with E-state index >= 15 is 0 Å². The smallest absolute Gasteiger partial charge is 0.159 e. The van der Waals surface area contributed by atoms with E-state index < -0.39 is 0 Å². The van der Waals surface area contributed by atoms with E-state index in [4.69, 9.17) is 15.0 Å². The summed E-state index contributed by atoms with van der Waals surface area (Å²) in [7, 11) is 0. The second kappa shape index (κ2) is 13.8. The molecule has 1 unspecified atom stereocenters. The number of aliphatic imine (C=N–C) groups is 2. The molecule has 0 amide bonds. The number of para-hydroxylation sites is 2. The highest BCUT2D eigenvalue weighted by molar-refractivity contribution is 6.25. The molecule has 0 saturated heterocycles. The van der Waals surface area contributed by atoms with Crippen molar-refractivity contribution < 1.29 is 0 Å². The molecule has 1 aliphatic rings. The summed E-state index contributed by atoms with van der Waals surface area (Å²) in [5.41, 5.74) is 10.7. The van der Waals surface area contributed by atoms with Crippen LogP contribution in [0.4, 0.5) is 0 Å². The normalized spacial score (nSPS) is 14.1. The number of amidine groups is 2. The monoisotopic (exact) mass is 743 g/mol. The van der Waals surface area contributed by atoms with E-state index in [0.717, 1.165) is 67.3 Å². The second-order valence-electron chi connectivity index (χ2n) is 14.8. The first-order valence-corrected chi connectivity index (χ1v) is 19.7. The van der Waals surface area contributed by atoms with Crippen molar-refractivity contribution in [2.24, 2.45) is 9.98 Å². The molecule has 5 heteroatoms. The molecule has 1 aliphatic heterocycles. The van der Waals surface area contributed by atoms with Crippen LogP contribution in [0.3, 0.4) is 0 Å². The number of rotatable bonds is 6. The van der Waals surface area contributed by atoms with Crippen LogP contribution in [0.25, 0.3) is 71.3 Å². The molecule has 0 fully saturated rings. The number of nitrogens with one attached hydrogen (secondary N) is 1. The molecule has 1 atom stereocenters. The minimum Gasteiger partial charge on any atom is -0.344 e. The molecule has 1 N–H and O–H groups in total. The zero-order valence-corrected chi connectivity index (χ0v) is 31.8. The van der Waals surface area contributed by atoms with E-state index in [1.165, 1.54) is 32.3 Å². The SMILES string of the molecule is Cc1nc2ccccc2n1-c1ccc(-c2ccccc2-c2ccccc2C2=NC(c3ccccc3)=NC(c3ccc4c5ccccc5c5ccccc5c4c3)N2)cc1. The minimum atomic E-state index is -0.365. The molecule has 274 valence electrons. The van der Waals surface area contributed by atoms with Gasteiger partial charge in [0.1, 0.15) is 17.8 Å². The van der Waals surface area contributed by atoms with Gasteiger partial charge in [-0.3, -0.25) is 4.57 Å². The summed E-state index contributed by atoms with van der Waals surface area (Å²) >= 11 is 0. The van der Waals surface area contributed by atoms with Crippen molar-refractivity contribution in [1.82, 2.24) is 14.9 Å². The topological polar surface area (TPSA) is 54.6 Å². The molecule has 0 spiro atoms. The fraction of sp³-hybridized carbons (Fsp3) is 0.0377. The molecule has 2 heterocycles. The van der Waals surface area contributed by atoms with Gasteiger partial charge in [-0.25, -0.2) is 15.0 Å². The number of fused-ring (bicyclic) bond motifs is 7. The van der Waals surface area contributed by atoms with E-state index in [2.05, 4.69) is 187 Å². The van der Waals surface area contributed by atoms with Gasteiger partial charge in [-0.2, -0.15) is 0 Å². The summed E-state index contributed by atoms with van der Waals surface area (Å²) in [4.78, 5) is 15.3. The van der Waals surface area contributed by atoms with Gasteiger partial charge in [0.2, 0.25) is 0 Å². The first-order chi connectivity index (χ1) is 28.7. The zero-order valence-electron chi connectivity index (χ0n) is 31.8. The Balaban J connectivity index is 1.02. The van der Waals surface area contributed by atoms with Gasteiger partial charge in [-0.05, 0) is 97.4 Å². The van der Waals surface area contributed by atoms with Crippen LogP contribution in [0.15, 0.2) is 204 Å². The Morgan fingerprint density at radius 2 is 1.02 bits per heavy atom. The largest absolute Gasteiger partial charge is 0.344 e. The van der Waals surface area contributed by atoms with Gasteiger partial charge in [0, 0.05) is 16.8 Å². The fourth-order valence-electron chi connectivity index (χ4n) is 8.73. The molecule has 11 rings (SSSR count). The standard InChI is InChI=1S/C53H37N5/c1-34-54-49-25-13-14-26-50(49)58(34)38-30-27-35(28-31-38)39-17-5-6-18-40(39)44-22-11-12-24-47(44)53-56-51(36-15-3-2-4-16-36)55-52(57-53)37-29-32-46-43-21-8-7-19-41(43)42-20-9-10-23-45(42)48(46)33-37/h2-33,52H,1H3,(H,55,56,57). The first-order valence-electron chi connectivity index (χ1n) is 19.7. The minimum absolute atomic E-state index is 0.365. The van der Waals surface area contributed by atoms with Crippen LogP contribution in [0.2, 0.25) is 0 Å². The van der Waals surface area contributed by atoms with E-state index in [1.807, 2.05) is 24.3 Å². The van der Waals surface area contributed by atoms with Crippen LogP contribution in [0.5, 0.6) is 0 Å². The number of aromatic nitrogens is 2. The lowest BCUT2D eigenvalue weighted by atomic mass is 9.91. The van der Waals surface area contributed by atoms with Gasteiger partial charge in [-0.15, -0.1) is 0 Å². The summed E-state index contributed by atoms with van der Waals surface area (Å²) < 4.78 is 2.22. The summed E-state index contributed by atoms with van der Waals surface area (Å²) in [5.74, 6) is 2.45. The Morgan fingerprint density at radius 3 is 1.72 bits per heavy atom. The van der Waals surface area contributed by atoms with Crippen LogP contribution in [-0.2, 0) is 0 Å². The summed E-state index contributed by atoms with van der Waals surface area (Å²) in [6, 6.07) is 68.8. The Hall–Kier alpha value is -7.63. The Labute approximate surface area is 336 Å². The molecule has 10 aromatic rings. The highest BCUT2D eigenvalue weighted by Crippen LogP contribution is 2.38. The maximum absolute atomic E-state index is 5.28. The van der Waals surface area contributed by atoms with Crippen molar-refractivity contribution in [3.63, 3.8) is 0 Å². The highest BCUT2D eigenvalue weighted by atomic mass is 15.2. The Kier molecular flexibility index (Phi) is 8.04. The number of hydrogen-bond donors (Lipinski definition) is 1. The van der Waals surface area contributed by atoms with Gasteiger partial charge in [0.15, 0.2) is 5.84 Å².